The summed E-state index contributed by atoms with van der Waals surface area (Å²) in [6.07, 6.45) is 0.808. The monoisotopic (exact) mass is 488 g/mol. The molecule has 13 heteroatoms. The lowest BCUT2D eigenvalue weighted by atomic mass is 9.92. The first kappa shape index (κ1) is 24.5. The standard InChI is InChI=1S/C18H20ClFN6.C2HF3O2/c19-14-9-13(4-5-15(14)20)24-18-10-16(25-17-6-7-22-26(17)18)23-12-3-1-2-11(21)8-12;3-2(4,5)1(6)7/h4-7,9-12,24H,1-3,8,21H2,(H,23,25);(H,6,7). The first-order valence-corrected chi connectivity index (χ1v) is 10.3. The van der Waals surface area contributed by atoms with Crippen molar-refractivity contribution in [2.75, 3.05) is 10.6 Å². The zero-order valence-electron chi connectivity index (χ0n) is 17.1. The Balaban J connectivity index is 0.000000383. The fraction of sp³-hybridized carbons (Fsp3) is 0.350. The van der Waals surface area contributed by atoms with Crippen LogP contribution in [0, 0.1) is 5.82 Å². The summed E-state index contributed by atoms with van der Waals surface area (Å²) in [5.74, 6) is -1.74. The van der Waals surface area contributed by atoms with Gasteiger partial charge in [0.15, 0.2) is 5.65 Å². The van der Waals surface area contributed by atoms with Crippen molar-refractivity contribution in [2.24, 2.45) is 5.73 Å². The maximum Gasteiger partial charge on any atom is 0.490 e. The summed E-state index contributed by atoms with van der Waals surface area (Å²) in [6.45, 7) is 0. The summed E-state index contributed by atoms with van der Waals surface area (Å²) in [7, 11) is 0. The molecule has 0 bridgehead atoms. The molecular formula is C20H21ClF4N6O2. The molecule has 1 saturated carbocycles. The lowest BCUT2D eigenvalue weighted by Gasteiger charge is -2.27. The molecular weight excluding hydrogens is 468 g/mol. The van der Waals surface area contributed by atoms with Crippen molar-refractivity contribution < 1.29 is 27.5 Å². The number of nitrogens with two attached hydrogens (primary N) is 1. The Morgan fingerprint density at radius 3 is 2.61 bits per heavy atom. The highest BCUT2D eigenvalue weighted by atomic mass is 35.5. The van der Waals surface area contributed by atoms with Gasteiger partial charge >= 0.3 is 12.1 Å². The second-order valence-corrected chi connectivity index (χ2v) is 7.86. The molecule has 4 rings (SSSR count). The maximum absolute atomic E-state index is 13.4. The molecule has 1 aromatic carbocycles. The number of carboxylic acid groups (broad SMARTS) is 1. The number of anilines is 3. The Morgan fingerprint density at radius 2 is 1.97 bits per heavy atom. The van der Waals surface area contributed by atoms with Gasteiger partial charge in [-0.2, -0.15) is 22.8 Å². The van der Waals surface area contributed by atoms with Gasteiger partial charge in [-0.15, -0.1) is 0 Å². The van der Waals surface area contributed by atoms with Gasteiger partial charge in [0, 0.05) is 29.9 Å². The van der Waals surface area contributed by atoms with Crippen LogP contribution in [-0.2, 0) is 4.79 Å². The Morgan fingerprint density at radius 1 is 1.24 bits per heavy atom. The highest BCUT2D eigenvalue weighted by Crippen LogP contribution is 2.26. The average molecular weight is 489 g/mol. The minimum Gasteiger partial charge on any atom is -0.475 e. The summed E-state index contributed by atoms with van der Waals surface area (Å²) in [5, 5.41) is 18.2. The molecule has 0 spiro atoms. The van der Waals surface area contributed by atoms with Crippen LogP contribution in [0.5, 0.6) is 0 Å². The number of nitrogens with one attached hydrogen (secondary N) is 2. The zero-order chi connectivity index (χ0) is 24.2. The minimum atomic E-state index is -5.08. The van der Waals surface area contributed by atoms with Gasteiger partial charge in [0.1, 0.15) is 17.5 Å². The van der Waals surface area contributed by atoms with E-state index in [2.05, 4.69) is 20.7 Å². The van der Waals surface area contributed by atoms with Crippen LogP contribution in [0.4, 0.5) is 34.9 Å². The summed E-state index contributed by atoms with van der Waals surface area (Å²) in [4.78, 5) is 13.5. The van der Waals surface area contributed by atoms with E-state index in [1.54, 1.807) is 22.8 Å². The second kappa shape index (κ2) is 10.2. The third-order valence-corrected chi connectivity index (χ3v) is 5.15. The van der Waals surface area contributed by atoms with Gasteiger partial charge < -0.3 is 21.5 Å². The molecule has 2 aromatic heterocycles. The number of aliphatic carboxylic acids is 1. The van der Waals surface area contributed by atoms with Crippen molar-refractivity contribution in [3.63, 3.8) is 0 Å². The molecule has 1 aliphatic carbocycles. The molecule has 33 heavy (non-hydrogen) atoms. The van der Waals surface area contributed by atoms with E-state index in [9.17, 15) is 17.6 Å². The summed E-state index contributed by atoms with van der Waals surface area (Å²) in [6, 6.07) is 8.76. The quantitative estimate of drug-likeness (QED) is 0.397. The Hall–Kier alpha value is -3.12. The van der Waals surface area contributed by atoms with E-state index in [-0.39, 0.29) is 11.1 Å². The summed E-state index contributed by atoms with van der Waals surface area (Å²) >= 11 is 5.88. The average Bonchev–Trinajstić information content (AvgIpc) is 3.19. The van der Waals surface area contributed by atoms with E-state index in [1.165, 1.54) is 6.07 Å². The number of rotatable bonds is 4. The predicted octanol–water partition coefficient (Wildman–Crippen LogP) is 4.58. The molecule has 0 radical (unpaired) electrons. The molecule has 2 atom stereocenters. The SMILES string of the molecule is NC1CCCC(Nc2cc(Nc3ccc(F)c(Cl)c3)n3nccc3n2)C1.O=C(O)C(F)(F)F. The van der Waals surface area contributed by atoms with Gasteiger partial charge in [0.2, 0.25) is 0 Å². The van der Waals surface area contributed by atoms with E-state index in [0.717, 1.165) is 31.5 Å². The number of hydrogen-bond acceptors (Lipinski definition) is 6. The fourth-order valence-electron chi connectivity index (χ4n) is 3.37. The van der Waals surface area contributed by atoms with Gasteiger partial charge in [0.25, 0.3) is 0 Å². The topological polar surface area (TPSA) is 118 Å². The number of benzene rings is 1. The normalized spacial score (nSPS) is 18.4. The Bertz CT molecular complexity index is 1120. The number of aromatic nitrogens is 3. The van der Waals surface area contributed by atoms with Gasteiger partial charge in [-0.25, -0.2) is 14.2 Å². The van der Waals surface area contributed by atoms with Crippen LogP contribution < -0.4 is 16.4 Å². The lowest BCUT2D eigenvalue weighted by molar-refractivity contribution is -0.192. The molecule has 2 heterocycles. The Labute approximate surface area is 190 Å². The molecule has 3 aromatic rings. The molecule has 0 saturated heterocycles. The van der Waals surface area contributed by atoms with Crippen molar-refractivity contribution in [3.8, 4) is 0 Å². The number of carboxylic acids is 1. The molecule has 2 unspecified atom stereocenters. The first-order valence-electron chi connectivity index (χ1n) is 9.92. The highest BCUT2D eigenvalue weighted by Gasteiger charge is 2.38. The molecule has 1 fully saturated rings. The van der Waals surface area contributed by atoms with Crippen molar-refractivity contribution >= 4 is 40.5 Å². The molecule has 0 aliphatic heterocycles. The van der Waals surface area contributed by atoms with E-state index >= 15 is 0 Å². The number of alkyl halides is 3. The number of carbonyl (C=O) groups is 1. The summed E-state index contributed by atoms with van der Waals surface area (Å²) < 4.78 is 46.8. The van der Waals surface area contributed by atoms with Crippen LogP contribution in [0.2, 0.25) is 5.02 Å². The maximum atomic E-state index is 13.4. The molecule has 5 N–H and O–H groups in total. The highest BCUT2D eigenvalue weighted by molar-refractivity contribution is 6.31. The zero-order valence-corrected chi connectivity index (χ0v) is 17.9. The van der Waals surface area contributed by atoms with Crippen LogP contribution >= 0.6 is 11.6 Å². The molecule has 8 nitrogen and oxygen atoms in total. The molecule has 1 aliphatic rings. The van der Waals surface area contributed by atoms with Crippen molar-refractivity contribution in [3.05, 3.63) is 47.4 Å². The van der Waals surface area contributed by atoms with Crippen molar-refractivity contribution in [1.29, 1.82) is 0 Å². The van der Waals surface area contributed by atoms with Crippen LogP contribution in [0.25, 0.3) is 5.65 Å². The van der Waals surface area contributed by atoms with Crippen molar-refractivity contribution in [2.45, 2.75) is 43.9 Å². The van der Waals surface area contributed by atoms with Gasteiger partial charge in [-0.1, -0.05) is 11.6 Å². The van der Waals surface area contributed by atoms with Crippen molar-refractivity contribution in [1.82, 2.24) is 14.6 Å². The Kier molecular flexibility index (Phi) is 7.59. The number of nitrogens with zero attached hydrogens (tertiary/aromatic N) is 3. The van der Waals surface area contributed by atoms with Crippen LogP contribution in [0.15, 0.2) is 36.5 Å². The van der Waals surface area contributed by atoms with E-state index in [0.29, 0.717) is 23.2 Å². The molecule has 0 amide bonds. The van der Waals surface area contributed by atoms with Gasteiger partial charge in [0.05, 0.1) is 11.2 Å². The largest absolute Gasteiger partial charge is 0.490 e. The third-order valence-electron chi connectivity index (χ3n) is 4.86. The lowest BCUT2D eigenvalue weighted by Crippen LogP contribution is -2.35. The van der Waals surface area contributed by atoms with Crippen LogP contribution in [-0.4, -0.2) is 43.9 Å². The van der Waals surface area contributed by atoms with E-state index in [1.807, 2.05) is 12.1 Å². The number of halogens is 5. The number of hydrogen-bond donors (Lipinski definition) is 4. The van der Waals surface area contributed by atoms with Crippen LogP contribution in [0.1, 0.15) is 25.7 Å². The smallest absolute Gasteiger partial charge is 0.475 e. The van der Waals surface area contributed by atoms with Crippen LogP contribution in [0.3, 0.4) is 0 Å². The molecule has 178 valence electrons. The third kappa shape index (κ3) is 6.68. The minimum absolute atomic E-state index is 0.0651. The predicted molar refractivity (Wildman–Crippen MR) is 115 cm³/mol. The second-order valence-electron chi connectivity index (χ2n) is 7.45. The van der Waals surface area contributed by atoms with E-state index < -0.39 is 18.0 Å². The number of fused-ring (bicyclic) bond motifs is 1. The van der Waals surface area contributed by atoms with Gasteiger partial charge in [-0.3, -0.25) is 0 Å². The fourth-order valence-corrected chi connectivity index (χ4v) is 3.55. The summed E-state index contributed by atoms with van der Waals surface area (Å²) in [5.41, 5.74) is 7.47. The van der Waals surface area contributed by atoms with E-state index in [4.69, 9.17) is 27.2 Å². The first-order chi connectivity index (χ1) is 15.5. The van der Waals surface area contributed by atoms with Gasteiger partial charge in [-0.05, 0) is 43.9 Å².